The molecule has 28 heavy (non-hydrogen) atoms. The van der Waals surface area contributed by atoms with Crippen LogP contribution in [0.2, 0.25) is 5.02 Å². The highest BCUT2D eigenvalue weighted by atomic mass is 35.5. The normalized spacial score (nSPS) is 15.0. The first-order valence-electron chi connectivity index (χ1n) is 9.69. The SMILES string of the molecule is CCCN1CCN(C(=O)COCc2ccc(F)cc2-c2ccc(Cl)cc2)CC1. The second kappa shape index (κ2) is 10.0. The molecule has 0 radical (unpaired) electrons. The summed E-state index contributed by atoms with van der Waals surface area (Å²) in [7, 11) is 0. The van der Waals surface area contributed by atoms with Gasteiger partial charge >= 0.3 is 0 Å². The van der Waals surface area contributed by atoms with Gasteiger partial charge in [0.15, 0.2) is 0 Å². The van der Waals surface area contributed by atoms with Crippen molar-refractivity contribution >= 4 is 17.5 Å². The van der Waals surface area contributed by atoms with E-state index in [1.165, 1.54) is 12.1 Å². The number of nitrogens with zero attached hydrogens (tertiary/aromatic N) is 2. The molecule has 1 fully saturated rings. The van der Waals surface area contributed by atoms with Gasteiger partial charge in [0.2, 0.25) is 5.91 Å². The minimum Gasteiger partial charge on any atom is -0.367 e. The molecule has 1 heterocycles. The Hall–Kier alpha value is -1.95. The number of ether oxygens (including phenoxy) is 1. The lowest BCUT2D eigenvalue weighted by Crippen LogP contribution is -2.49. The van der Waals surface area contributed by atoms with Crippen LogP contribution >= 0.6 is 11.6 Å². The van der Waals surface area contributed by atoms with Crippen LogP contribution in [0.15, 0.2) is 42.5 Å². The topological polar surface area (TPSA) is 32.8 Å². The van der Waals surface area contributed by atoms with Crippen molar-refractivity contribution in [3.63, 3.8) is 0 Å². The molecule has 0 aromatic heterocycles. The van der Waals surface area contributed by atoms with Crippen LogP contribution in [0.4, 0.5) is 4.39 Å². The van der Waals surface area contributed by atoms with Crippen LogP contribution in [-0.2, 0) is 16.1 Å². The number of carbonyl (C=O) groups excluding carboxylic acids is 1. The number of halogens is 2. The predicted molar refractivity (Wildman–Crippen MR) is 110 cm³/mol. The van der Waals surface area contributed by atoms with Crippen LogP contribution < -0.4 is 0 Å². The standard InChI is InChI=1S/C22H26ClFN2O2/c1-2-9-25-10-12-26(13-11-25)22(27)16-28-15-18-5-8-20(24)14-21(18)17-3-6-19(23)7-4-17/h3-8,14H,2,9-13,15-16H2,1H3. The van der Waals surface area contributed by atoms with Crippen molar-refractivity contribution in [1.82, 2.24) is 9.80 Å². The van der Waals surface area contributed by atoms with E-state index in [0.29, 0.717) is 5.02 Å². The second-order valence-electron chi connectivity index (χ2n) is 7.02. The molecule has 2 aromatic carbocycles. The van der Waals surface area contributed by atoms with E-state index in [2.05, 4.69) is 11.8 Å². The van der Waals surface area contributed by atoms with E-state index in [4.69, 9.17) is 16.3 Å². The van der Waals surface area contributed by atoms with Crippen LogP contribution in [0.3, 0.4) is 0 Å². The summed E-state index contributed by atoms with van der Waals surface area (Å²) in [5, 5.41) is 0.627. The molecule has 0 spiro atoms. The molecule has 1 aliphatic rings. The second-order valence-corrected chi connectivity index (χ2v) is 7.46. The Morgan fingerprint density at radius 2 is 1.82 bits per heavy atom. The molecule has 0 aliphatic carbocycles. The van der Waals surface area contributed by atoms with Crippen LogP contribution in [0, 0.1) is 5.82 Å². The number of carbonyl (C=O) groups is 1. The van der Waals surface area contributed by atoms with Crippen molar-refractivity contribution in [2.75, 3.05) is 39.3 Å². The molecule has 0 atom stereocenters. The van der Waals surface area contributed by atoms with Crippen molar-refractivity contribution in [3.8, 4) is 11.1 Å². The van der Waals surface area contributed by atoms with E-state index >= 15 is 0 Å². The molecular formula is C22H26ClFN2O2. The van der Waals surface area contributed by atoms with Crippen LogP contribution in [0.1, 0.15) is 18.9 Å². The number of amides is 1. The Kier molecular flexibility index (Phi) is 7.43. The van der Waals surface area contributed by atoms with Crippen LogP contribution in [-0.4, -0.2) is 55.0 Å². The molecule has 0 N–H and O–H groups in total. The maximum Gasteiger partial charge on any atom is 0.248 e. The molecule has 1 saturated heterocycles. The maximum atomic E-state index is 13.8. The van der Waals surface area contributed by atoms with Crippen molar-refractivity contribution in [2.24, 2.45) is 0 Å². The Bertz CT molecular complexity index is 790. The van der Waals surface area contributed by atoms with E-state index in [1.807, 2.05) is 17.0 Å². The summed E-state index contributed by atoms with van der Waals surface area (Å²) in [6.45, 7) is 6.85. The van der Waals surface area contributed by atoms with E-state index in [-0.39, 0.29) is 24.9 Å². The average molecular weight is 405 g/mol. The summed E-state index contributed by atoms with van der Waals surface area (Å²) in [5.41, 5.74) is 2.45. The van der Waals surface area contributed by atoms with Gasteiger partial charge in [0.1, 0.15) is 12.4 Å². The van der Waals surface area contributed by atoms with Crippen molar-refractivity contribution in [1.29, 1.82) is 0 Å². The molecule has 1 amide bonds. The van der Waals surface area contributed by atoms with Crippen molar-refractivity contribution in [2.45, 2.75) is 20.0 Å². The number of hydrogen-bond acceptors (Lipinski definition) is 3. The lowest BCUT2D eigenvalue weighted by Gasteiger charge is -2.34. The quantitative estimate of drug-likeness (QED) is 0.692. The molecule has 6 heteroatoms. The van der Waals surface area contributed by atoms with Gasteiger partial charge in [0.05, 0.1) is 6.61 Å². The minimum atomic E-state index is -0.310. The van der Waals surface area contributed by atoms with Crippen molar-refractivity contribution < 1.29 is 13.9 Å². The predicted octanol–water partition coefficient (Wildman–Crippen LogP) is 4.22. The molecule has 0 saturated carbocycles. The first kappa shape index (κ1) is 20.8. The zero-order chi connectivity index (χ0) is 19.9. The fourth-order valence-electron chi connectivity index (χ4n) is 3.45. The molecule has 0 unspecified atom stereocenters. The molecule has 150 valence electrons. The largest absolute Gasteiger partial charge is 0.367 e. The van der Waals surface area contributed by atoms with E-state index < -0.39 is 0 Å². The lowest BCUT2D eigenvalue weighted by atomic mass is 10.00. The minimum absolute atomic E-state index is 0.00584. The van der Waals surface area contributed by atoms with Gasteiger partial charge < -0.3 is 9.64 Å². The van der Waals surface area contributed by atoms with Gasteiger partial charge in [-0.1, -0.05) is 36.7 Å². The van der Waals surface area contributed by atoms with Crippen molar-refractivity contribution in [3.05, 3.63) is 58.9 Å². The van der Waals surface area contributed by atoms with E-state index in [0.717, 1.165) is 55.8 Å². The van der Waals surface area contributed by atoms with E-state index in [9.17, 15) is 9.18 Å². The Morgan fingerprint density at radius 1 is 1.11 bits per heavy atom. The summed E-state index contributed by atoms with van der Waals surface area (Å²) in [6, 6.07) is 11.8. The Balaban J connectivity index is 1.56. The van der Waals surface area contributed by atoms with Crippen LogP contribution in [0.25, 0.3) is 11.1 Å². The van der Waals surface area contributed by atoms with Gasteiger partial charge in [0.25, 0.3) is 0 Å². The van der Waals surface area contributed by atoms with Gasteiger partial charge in [-0.05, 0) is 53.9 Å². The third-order valence-corrected chi connectivity index (χ3v) is 5.23. The fraction of sp³-hybridized carbons (Fsp3) is 0.409. The number of rotatable bonds is 7. The van der Waals surface area contributed by atoms with Gasteiger partial charge in [-0.15, -0.1) is 0 Å². The summed E-state index contributed by atoms with van der Waals surface area (Å²) in [5.74, 6) is -0.305. The van der Waals surface area contributed by atoms with Gasteiger partial charge in [-0.2, -0.15) is 0 Å². The van der Waals surface area contributed by atoms with Crippen LogP contribution in [0.5, 0.6) is 0 Å². The monoisotopic (exact) mass is 404 g/mol. The Labute approximate surface area is 170 Å². The zero-order valence-corrected chi connectivity index (χ0v) is 16.9. The number of hydrogen-bond donors (Lipinski definition) is 0. The van der Waals surface area contributed by atoms with Gasteiger partial charge in [-0.3, -0.25) is 9.69 Å². The summed E-state index contributed by atoms with van der Waals surface area (Å²) in [6.07, 6.45) is 1.13. The summed E-state index contributed by atoms with van der Waals surface area (Å²) >= 11 is 5.95. The highest BCUT2D eigenvalue weighted by Gasteiger charge is 2.20. The highest BCUT2D eigenvalue weighted by Crippen LogP contribution is 2.27. The number of benzene rings is 2. The third-order valence-electron chi connectivity index (χ3n) is 4.98. The smallest absolute Gasteiger partial charge is 0.248 e. The lowest BCUT2D eigenvalue weighted by molar-refractivity contribution is -0.138. The fourth-order valence-corrected chi connectivity index (χ4v) is 3.58. The molecule has 3 rings (SSSR count). The van der Waals surface area contributed by atoms with E-state index in [1.54, 1.807) is 18.2 Å². The molecular weight excluding hydrogens is 379 g/mol. The third kappa shape index (κ3) is 5.53. The van der Waals surface area contributed by atoms with Gasteiger partial charge in [-0.25, -0.2) is 4.39 Å². The molecule has 0 bridgehead atoms. The Morgan fingerprint density at radius 3 is 2.50 bits per heavy atom. The van der Waals surface area contributed by atoms with Gasteiger partial charge in [0, 0.05) is 31.2 Å². The number of piperazine rings is 1. The molecule has 4 nitrogen and oxygen atoms in total. The first-order valence-corrected chi connectivity index (χ1v) is 10.1. The summed E-state index contributed by atoms with van der Waals surface area (Å²) in [4.78, 5) is 16.6. The first-order chi connectivity index (χ1) is 13.6. The molecule has 1 aliphatic heterocycles. The average Bonchev–Trinajstić information content (AvgIpc) is 2.70. The zero-order valence-electron chi connectivity index (χ0n) is 16.2. The molecule has 2 aromatic rings. The maximum absolute atomic E-state index is 13.8. The highest BCUT2D eigenvalue weighted by molar-refractivity contribution is 6.30. The summed E-state index contributed by atoms with van der Waals surface area (Å²) < 4.78 is 19.4.